The van der Waals surface area contributed by atoms with Gasteiger partial charge in [0.2, 0.25) is 0 Å². The fraction of sp³-hybridized carbons (Fsp3) is 0.500. The van der Waals surface area contributed by atoms with Crippen molar-refractivity contribution in [3.63, 3.8) is 0 Å². The van der Waals surface area contributed by atoms with Gasteiger partial charge in [-0.2, -0.15) is 0 Å². The lowest BCUT2D eigenvalue weighted by molar-refractivity contribution is 0.492. The topological polar surface area (TPSA) is 29.3 Å². The molecule has 1 atom stereocenters. The highest BCUT2D eigenvalue weighted by molar-refractivity contribution is 7.80. The summed E-state index contributed by atoms with van der Waals surface area (Å²) in [6, 6.07) is 6.31. The van der Waals surface area contributed by atoms with Crippen molar-refractivity contribution >= 4 is 34.5 Å². The number of benzene rings is 1. The zero-order chi connectivity index (χ0) is 13.3. The van der Waals surface area contributed by atoms with E-state index in [0.717, 1.165) is 22.8 Å². The van der Waals surface area contributed by atoms with Gasteiger partial charge in [0.25, 0.3) is 0 Å². The van der Waals surface area contributed by atoms with Crippen LogP contribution in [0.1, 0.15) is 32.3 Å². The summed E-state index contributed by atoms with van der Waals surface area (Å²) >= 11 is 11.3. The number of thiocarbonyl (C=S) groups is 1. The van der Waals surface area contributed by atoms with Crippen LogP contribution in [0.15, 0.2) is 18.2 Å². The molecule has 1 aliphatic heterocycles. The first-order valence-corrected chi connectivity index (χ1v) is 7.15. The van der Waals surface area contributed by atoms with E-state index >= 15 is 0 Å². The summed E-state index contributed by atoms with van der Waals surface area (Å²) in [6.45, 7) is 5.57. The minimum Gasteiger partial charge on any atom is -0.389 e. The second-order valence-electron chi connectivity index (χ2n) is 5.17. The molecule has 0 radical (unpaired) electrons. The zero-order valence-electron chi connectivity index (χ0n) is 10.8. The molecular weight excluding hydrogens is 264 g/mol. The first-order chi connectivity index (χ1) is 8.50. The summed E-state index contributed by atoms with van der Waals surface area (Å²) < 4.78 is 0. The van der Waals surface area contributed by atoms with Crippen LogP contribution in [0.3, 0.4) is 0 Å². The van der Waals surface area contributed by atoms with Crippen molar-refractivity contribution in [2.24, 2.45) is 11.7 Å². The van der Waals surface area contributed by atoms with Gasteiger partial charge in [-0.05, 0) is 37.0 Å². The SMILES string of the molecule is CC(C)C1CCCN1c1cc(Cl)ccc1C(N)=S. The number of nitrogens with two attached hydrogens (primary N) is 1. The molecule has 4 heteroatoms. The van der Waals surface area contributed by atoms with Crippen molar-refractivity contribution < 1.29 is 0 Å². The Balaban J connectivity index is 2.42. The van der Waals surface area contributed by atoms with E-state index < -0.39 is 0 Å². The second-order valence-corrected chi connectivity index (χ2v) is 6.05. The molecule has 0 aliphatic carbocycles. The Bertz CT molecular complexity index is 459. The van der Waals surface area contributed by atoms with Crippen molar-refractivity contribution in [3.05, 3.63) is 28.8 Å². The maximum atomic E-state index is 6.12. The molecule has 18 heavy (non-hydrogen) atoms. The Morgan fingerprint density at radius 3 is 2.83 bits per heavy atom. The number of hydrogen-bond acceptors (Lipinski definition) is 2. The lowest BCUT2D eigenvalue weighted by Crippen LogP contribution is -2.34. The molecule has 1 saturated heterocycles. The van der Waals surface area contributed by atoms with E-state index in [1.165, 1.54) is 12.8 Å². The molecule has 0 saturated carbocycles. The molecule has 1 aromatic rings. The van der Waals surface area contributed by atoms with Crippen molar-refractivity contribution in [3.8, 4) is 0 Å². The minimum absolute atomic E-state index is 0.441. The van der Waals surface area contributed by atoms with Crippen molar-refractivity contribution in [2.75, 3.05) is 11.4 Å². The molecule has 2 rings (SSSR count). The smallest absolute Gasteiger partial charge is 0.106 e. The predicted molar refractivity (Wildman–Crippen MR) is 82.5 cm³/mol. The van der Waals surface area contributed by atoms with Crippen LogP contribution in [0.4, 0.5) is 5.69 Å². The molecule has 2 N–H and O–H groups in total. The molecule has 0 bridgehead atoms. The van der Waals surface area contributed by atoms with Crippen LogP contribution in [-0.2, 0) is 0 Å². The van der Waals surface area contributed by atoms with Crippen LogP contribution in [0.5, 0.6) is 0 Å². The van der Waals surface area contributed by atoms with E-state index in [9.17, 15) is 0 Å². The van der Waals surface area contributed by atoms with Crippen molar-refractivity contribution in [1.82, 2.24) is 0 Å². The van der Waals surface area contributed by atoms with Gasteiger partial charge in [0.1, 0.15) is 4.99 Å². The summed E-state index contributed by atoms with van der Waals surface area (Å²) in [5, 5.41) is 0.736. The van der Waals surface area contributed by atoms with Crippen LogP contribution in [0.2, 0.25) is 5.02 Å². The summed E-state index contributed by atoms with van der Waals surface area (Å²) in [6.07, 6.45) is 2.44. The van der Waals surface area contributed by atoms with E-state index in [0.29, 0.717) is 16.9 Å². The average molecular weight is 283 g/mol. The van der Waals surface area contributed by atoms with Crippen LogP contribution >= 0.6 is 23.8 Å². The summed E-state index contributed by atoms with van der Waals surface area (Å²) in [4.78, 5) is 2.85. The predicted octanol–water partition coefficient (Wildman–Crippen LogP) is 3.60. The number of nitrogens with zero attached hydrogens (tertiary/aromatic N) is 1. The molecule has 1 aromatic carbocycles. The molecule has 2 nitrogen and oxygen atoms in total. The largest absolute Gasteiger partial charge is 0.389 e. The Kier molecular flexibility index (Phi) is 4.13. The molecule has 98 valence electrons. The van der Waals surface area contributed by atoms with E-state index in [-0.39, 0.29) is 0 Å². The Morgan fingerprint density at radius 2 is 2.22 bits per heavy atom. The Hall–Kier alpha value is -0.800. The van der Waals surface area contributed by atoms with Gasteiger partial charge in [-0.3, -0.25) is 0 Å². The van der Waals surface area contributed by atoms with Gasteiger partial charge in [0, 0.05) is 28.9 Å². The van der Waals surface area contributed by atoms with Crippen molar-refractivity contribution in [1.29, 1.82) is 0 Å². The van der Waals surface area contributed by atoms with Gasteiger partial charge in [-0.1, -0.05) is 37.7 Å². The third-order valence-electron chi connectivity index (χ3n) is 3.60. The maximum absolute atomic E-state index is 6.12. The van der Waals surface area contributed by atoms with Crippen LogP contribution in [0.25, 0.3) is 0 Å². The third-order valence-corrected chi connectivity index (χ3v) is 4.06. The van der Waals surface area contributed by atoms with Gasteiger partial charge in [-0.15, -0.1) is 0 Å². The van der Waals surface area contributed by atoms with Gasteiger partial charge < -0.3 is 10.6 Å². The number of halogens is 1. The molecule has 0 amide bonds. The van der Waals surface area contributed by atoms with E-state index in [1.807, 2.05) is 18.2 Å². The molecule has 1 aliphatic rings. The fourth-order valence-corrected chi connectivity index (χ4v) is 3.07. The molecule has 0 spiro atoms. The molecule has 1 unspecified atom stereocenters. The fourth-order valence-electron chi connectivity index (χ4n) is 2.74. The monoisotopic (exact) mass is 282 g/mol. The molecule has 1 heterocycles. The quantitative estimate of drug-likeness (QED) is 0.859. The maximum Gasteiger partial charge on any atom is 0.106 e. The number of anilines is 1. The van der Waals surface area contributed by atoms with E-state index in [1.54, 1.807) is 0 Å². The molecule has 1 fully saturated rings. The Labute approximate surface area is 119 Å². The lowest BCUT2D eigenvalue weighted by atomic mass is 10.0. The second kappa shape index (κ2) is 5.45. The zero-order valence-corrected chi connectivity index (χ0v) is 12.4. The summed E-state index contributed by atoms with van der Waals surface area (Å²) in [5.41, 5.74) is 7.84. The summed E-state index contributed by atoms with van der Waals surface area (Å²) in [5.74, 6) is 0.616. The average Bonchev–Trinajstić information content (AvgIpc) is 2.77. The minimum atomic E-state index is 0.441. The highest BCUT2D eigenvalue weighted by atomic mass is 35.5. The standard InChI is InChI=1S/C14H19ClN2S/c1-9(2)12-4-3-7-17(12)13-8-10(15)5-6-11(13)14(16)18/h5-6,8-9,12H,3-4,7H2,1-2H3,(H2,16,18). The summed E-state index contributed by atoms with van der Waals surface area (Å²) in [7, 11) is 0. The van der Waals surface area contributed by atoms with Crippen LogP contribution < -0.4 is 10.6 Å². The number of hydrogen-bond donors (Lipinski definition) is 1. The van der Waals surface area contributed by atoms with E-state index in [2.05, 4.69) is 18.7 Å². The third kappa shape index (κ3) is 2.62. The Morgan fingerprint density at radius 1 is 1.50 bits per heavy atom. The van der Waals surface area contributed by atoms with Gasteiger partial charge in [0.05, 0.1) is 0 Å². The van der Waals surface area contributed by atoms with Gasteiger partial charge in [-0.25, -0.2) is 0 Å². The highest BCUT2D eigenvalue weighted by Crippen LogP contribution is 2.33. The van der Waals surface area contributed by atoms with E-state index in [4.69, 9.17) is 29.6 Å². The first kappa shape index (κ1) is 13.6. The lowest BCUT2D eigenvalue weighted by Gasteiger charge is -2.31. The molecular formula is C14H19ClN2S. The van der Waals surface area contributed by atoms with Gasteiger partial charge >= 0.3 is 0 Å². The highest BCUT2D eigenvalue weighted by Gasteiger charge is 2.29. The van der Waals surface area contributed by atoms with Crippen LogP contribution in [0, 0.1) is 5.92 Å². The van der Waals surface area contributed by atoms with Gasteiger partial charge in [0.15, 0.2) is 0 Å². The van der Waals surface area contributed by atoms with Crippen LogP contribution in [-0.4, -0.2) is 17.6 Å². The van der Waals surface area contributed by atoms with Crippen molar-refractivity contribution in [2.45, 2.75) is 32.7 Å². The molecule has 0 aromatic heterocycles. The normalized spacial score (nSPS) is 19.6. The first-order valence-electron chi connectivity index (χ1n) is 6.36. The number of rotatable bonds is 3.